The van der Waals surface area contributed by atoms with Gasteiger partial charge in [0.25, 0.3) is 5.91 Å². The van der Waals surface area contributed by atoms with Crippen LogP contribution in [0.4, 0.5) is 5.69 Å². The summed E-state index contributed by atoms with van der Waals surface area (Å²) in [7, 11) is 1.80. The lowest BCUT2D eigenvalue weighted by atomic mass is 9.84. The molecule has 1 aromatic carbocycles. The number of aromatic nitrogens is 2. The average Bonchev–Trinajstić information content (AvgIpc) is 3.33. The van der Waals surface area contributed by atoms with Gasteiger partial charge in [-0.3, -0.25) is 14.3 Å². The SMILES string of the molecule is Cn1cc(N2CCC(NC(=O)COc3ccc(Cl)cc3C3CCCCC3)C2=O)cn1. The van der Waals surface area contributed by atoms with Gasteiger partial charge in [-0.2, -0.15) is 5.10 Å². The minimum Gasteiger partial charge on any atom is -0.483 e. The van der Waals surface area contributed by atoms with Gasteiger partial charge in [0, 0.05) is 24.8 Å². The number of carbonyl (C=O) groups is 2. The van der Waals surface area contributed by atoms with Crippen LogP contribution in [0.25, 0.3) is 0 Å². The summed E-state index contributed by atoms with van der Waals surface area (Å²) >= 11 is 6.21. The molecule has 1 unspecified atom stereocenters. The number of nitrogens with zero attached hydrogens (tertiary/aromatic N) is 3. The van der Waals surface area contributed by atoms with Gasteiger partial charge in [-0.15, -0.1) is 0 Å². The molecule has 1 saturated carbocycles. The van der Waals surface area contributed by atoms with Crippen molar-refractivity contribution in [3.63, 3.8) is 0 Å². The smallest absolute Gasteiger partial charge is 0.258 e. The van der Waals surface area contributed by atoms with E-state index in [0.29, 0.717) is 29.7 Å². The second-order valence-corrected chi connectivity index (χ2v) is 8.51. The maximum absolute atomic E-state index is 12.6. The summed E-state index contributed by atoms with van der Waals surface area (Å²) in [6.45, 7) is 0.428. The summed E-state index contributed by atoms with van der Waals surface area (Å²) in [5.74, 6) is 0.702. The predicted octanol–water partition coefficient (Wildman–Crippen LogP) is 3.42. The quantitative estimate of drug-likeness (QED) is 0.761. The molecule has 0 spiro atoms. The van der Waals surface area contributed by atoms with Crippen molar-refractivity contribution < 1.29 is 14.3 Å². The Bertz CT molecular complexity index is 923. The average molecular weight is 431 g/mol. The van der Waals surface area contributed by atoms with Crippen LogP contribution in [0.3, 0.4) is 0 Å². The van der Waals surface area contributed by atoms with Crippen molar-refractivity contribution in [2.45, 2.75) is 50.5 Å². The number of carbonyl (C=O) groups excluding carboxylic acids is 2. The van der Waals surface area contributed by atoms with Crippen LogP contribution >= 0.6 is 11.6 Å². The Morgan fingerprint density at radius 3 is 2.80 bits per heavy atom. The summed E-state index contributed by atoms with van der Waals surface area (Å²) < 4.78 is 7.51. The molecule has 160 valence electrons. The number of anilines is 1. The first-order valence-corrected chi connectivity index (χ1v) is 10.9. The van der Waals surface area contributed by atoms with E-state index < -0.39 is 6.04 Å². The molecule has 2 aliphatic rings. The number of hydrogen-bond acceptors (Lipinski definition) is 4. The largest absolute Gasteiger partial charge is 0.483 e. The molecule has 2 heterocycles. The number of rotatable bonds is 6. The zero-order valence-corrected chi connectivity index (χ0v) is 17.9. The molecule has 1 atom stereocenters. The summed E-state index contributed by atoms with van der Waals surface area (Å²) in [6, 6.07) is 5.04. The van der Waals surface area contributed by atoms with Crippen LogP contribution in [0.5, 0.6) is 5.75 Å². The van der Waals surface area contributed by atoms with E-state index in [1.807, 2.05) is 12.1 Å². The van der Waals surface area contributed by atoms with Crippen LogP contribution in [0.1, 0.15) is 50.0 Å². The third kappa shape index (κ3) is 4.61. The first kappa shape index (κ1) is 20.7. The fraction of sp³-hybridized carbons (Fsp3) is 0.500. The van der Waals surface area contributed by atoms with Gasteiger partial charge in [0.05, 0.1) is 11.9 Å². The van der Waals surface area contributed by atoms with E-state index >= 15 is 0 Å². The molecule has 0 bridgehead atoms. The molecular formula is C22H27ClN4O3. The third-order valence-electron chi connectivity index (χ3n) is 5.92. The highest BCUT2D eigenvalue weighted by Crippen LogP contribution is 2.38. The molecule has 4 rings (SSSR count). The second-order valence-electron chi connectivity index (χ2n) is 8.08. The van der Waals surface area contributed by atoms with Crippen LogP contribution in [-0.4, -0.2) is 40.8 Å². The monoisotopic (exact) mass is 430 g/mol. The standard InChI is InChI=1S/C22H27ClN4O3/c1-26-13-17(12-24-26)27-10-9-19(22(27)29)25-21(28)14-30-20-8-7-16(23)11-18(20)15-5-3-2-4-6-15/h7-8,11-13,15,19H,2-6,9-10,14H2,1H3,(H,25,28). The van der Waals surface area contributed by atoms with Gasteiger partial charge in [-0.25, -0.2) is 0 Å². The van der Waals surface area contributed by atoms with E-state index in [4.69, 9.17) is 16.3 Å². The maximum Gasteiger partial charge on any atom is 0.258 e. The molecule has 7 nitrogen and oxygen atoms in total. The van der Waals surface area contributed by atoms with Crippen molar-refractivity contribution in [1.82, 2.24) is 15.1 Å². The molecule has 8 heteroatoms. The lowest BCUT2D eigenvalue weighted by molar-refractivity contribution is -0.127. The van der Waals surface area contributed by atoms with Crippen molar-refractivity contribution >= 4 is 29.1 Å². The highest BCUT2D eigenvalue weighted by molar-refractivity contribution is 6.30. The predicted molar refractivity (Wildman–Crippen MR) is 115 cm³/mol. The highest BCUT2D eigenvalue weighted by Gasteiger charge is 2.34. The van der Waals surface area contributed by atoms with Gasteiger partial charge in [-0.05, 0) is 48.9 Å². The fourth-order valence-corrected chi connectivity index (χ4v) is 4.56. The molecule has 0 radical (unpaired) electrons. The van der Waals surface area contributed by atoms with E-state index in [1.54, 1.807) is 35.1 Å². The molecular weight excluding hydrogens is 404 g/mol. The Morgan fingerprint density at radius 1 is 1.27 bits per heavy atom. The number of ether oxygens (including phenoxy) is 1. The molecule has 2 fully saturated rings. The zero-order chi connectivity index (χ0) is 21.1. The zero-order valence-electron chi connectivity index (χ0n) is 17.1. The number of benzene rings is 1. The highest BCUT2D eigenvalue weighted by atomic mass is 35.5. The van der Waals surface area contributed by atoms with Gasteiger partial charge in [0.2, 0.25) is 5.91 Å². The van der Waals surface area contributed by atoms with Crippen LogP contribution in [0.2, 0.25) is 5.02 Å². The maximum atomic E-state index is 12.6. The molecule has 1 aliphatic heterocycles. The Morgan fingerprint density at radius 2 is 2.07 bits per heavy atom. The minimum atomic E-state index is -0.538. The van der Waals surface area contributed by atoms with Crippen LogP contribution < -0.4 is 15.0 Å². The summed E-state index contributed by atoms with van der Waals surface area (Å²) in [5.41, 5.74) is 1.82. The van der Waals surface area contributed by atoms with Gasteiger partial charge in [0.1, 0.15) is 11.8 Å². The molecule has 2 amide bonds. The van der Waals surface area contributed by atoms with Crippen molar-refractivity contribution in [1.29, 1.82) is 0 Å². The van der Waals surface area contributed by atoms with Crippen molar-refractivity contribution in [2.24, 2.45) is 7.05 Å². The second kappa shape index (κ2) is 9.08. The van der Waals surface area contributed by atoms with Crippen molar-refractivity contribution in [3.05, 3.63) is 41.2 Å². The Balaban J connectivity index is 1.35. The van der Waals surface area contributed by atoms with Crippen LogP contribution in [0, 0.1) is 0 Å². The van der Waals surface area contributed by atoms with Crippen LogP contribution in [0.15, 0.2) is 30.6 Å². The number of nitrogens with one attached hydrogen (secondary N) is 1. The summed E-state index contributed by atoms with van der Waals surface area (Å²) in [5, 5.41) is 7.59. The topological polar surface area (TPSA) is 76.5 Å². The lowest BCUT2D eigenvalue weighted by Crippen LogP contribution is -2.43. The lowest BCUT2D eigenvalue weighted by Gasteiger charge is -2.24. The first-order chi connectivity index (χ1) is 14.5. The summed E-state index contributed by atoms with van der Waals surface area (Å²) in [4.78, 5) is 26.8. The van der Waals surface area contributed by atoms with Gasteiger partial charge in [0.15, 0.2) is 6.61 Å². The molecule has 1 aromatic heterocycles. The minimum absolute atomic E-state index is 0.120. The third-order valence-corrected chi connectivity index (χ3v) is 6.15. The van der Waals surface area contributed by atoms with Gasteiger partial charge >= 0.3 is 0 Å². The first-order valence-electron chi connectivity index (χ1n) is 10.5. The number of amides is 2. The molecule has 1 saturated heterocycles. The van der Waals surface area contributed by atoms with Gasteiger partial charge in [-0.1, -0.05) is 30.9 Å². The van der Waals surface area contributed by atoms with Crippen molar-refractivity contribution in [2.75, 3.05) is 18.1 Å². The molecule has 2 aromatic rings. The van der Waals surface area contributed by atoms with E-state index in [9.17, 15) is 9.59 Å². The number of hydrogen-bond donors (Lipinski definition) is 1. The van der Waals surface area contributed by atoms with E-state index in [2.05, 4.69) is 10.4 Å². The van der Waals surface area contributed by atoms with E-state index in [0.717, 1.165) is 24.1 Å². The van der Waals surface area contributed by atoms with E-state index in [-0.39, 0.29) is 18.4 Å². The number of halogens is 1. The van der Waals surface area contributed by atoms with Crippen molar-refractivity contribution in [3.8, 4) is 5.75 Å². The normalized spacial score (nSPS) is 19.9. The Labute approximate surface area is 181 Å². The fourth-order valence-electron chi connectivity index (χ4n) is 4.38. The Hall–Kier alpha value is -2.54. The molecule has 30 heavy (non-hydrogen) atoms. The number of aryl methyl sites for hydroxylation is 1. The Kier molecular flexibility index (Phi) is 6.27. The van der Waals surface area contributed by atoms with E-state index in [1.165, 1.54) is 19.3 Å². The van der Waals surface area contributed by atoms with Crippen LogP contribution in [-0.2, 0) is 16.6 Å². The molecule has 1 aliphatic carbocycles. The summed E-state index contributed by atoms with van der Waals surface area (Å²) in [6.07, 6.45) is 9.90. The molecule has 1 N–H and O–H groups in total. The van der Waals surface area contributed by atoms with Gasteiger partial charge < -0.3 is 15.0 Å².